The Kier molecular flexibility index (Phi) is 5.88. The van der Waals surface area contributed by atoms with E-state index < -0.39 is 0 Å². The average molecular weight is 148 g/mol. The fourth-order valence-electron chi connectivity index (χ4n) is 0.480. The maximum Gasteiger partial charge on any atom is 0.00631 e. The van der Waals surface area contributed by atoms with Crippen molar-refractivity contribution in [1.82, 2.24) is 0 Å². The molecule has 0 radical (unpaired) electrons. The second-order valence-electron chi connectivity index (χ2n) is 1.93. The molecule has 2 heteroatoms. The molecule has 0 N–H and O–H groups in total. The molecule has 1 unspecified atom stereocenters. The molecule has 8 heavy (non-hydrogen) atoms. The maximum atomic E-state index is 4.04. The maximum absolute atomic E-state index is 4.04. The number of thiol groups is 1. The number of hydrogen-bond acceptors (Lipinski definition) is 2. The summed E-state index contributed by atoms with van der Waals surface area (Å²) in [7, 11) is 1.60. The highest BCUT2D eigenvalue weighted by Gasteiger charge is 1.95. The predicted octanol–water partition coefficient (Wildman–Crippen LogP) is 2.78. The van der Waals surface area contributed by atoms with Crippen LogP contribution in [0.25, 0.3) is 0 Å². The molecule has 0 saturated carbocycles. The van der Waals surface area contributed by atoms with Gasteiger partial charge in [-0.05, 0) is 12.3 Å². The Hall–Kier alpha value is 0.440. The van der Waals surface area contributed by atoms with Gasteiger partial charge >= 0.3 is 0 Å². The average Bonchev–Trinajstić information content (AvgIpc) is 1.68. The first-order chi connectivity index (χ1) is 3.81. The third-order valence-corrected chi connectivity index (χ3v) is 2.09. The number of hydrogen-bond donors (Lipinski definition) is 1. The molecule has 0 aliphatic carbocycles. The lowest BCUT2D eigenvalue weighted by Gasteiger charge is -2.02. The monoisotopic (exact) mass is 148 g/mol. The van der Waals surface area contributed by atoms with Gasteiger partial charge < -0.3 is 0 Å². The summed E-state index contributed by atoms with van der Waals surface area (Å²) in [5.74, 6) is 1.85. The van der Waals surface area contributed by atoms with Crippen molar-refractivity contribution in [2.75, 3.05) is 5.75 Å². The van der Waals surface area contributed by atoms with Crippen LogP contribution < -0.4 is 0 Å². The van der Waals surface area contributed by atoms with Crippen LogP contribution in [0.3, 0.4) is 0 Å². The van der Waals surface area contributed by atoms with Gasteiger partial charge in [-0.1, -0.05) is 23.8 Å². The summed E-state index contributed by atoms with van der Waals surface area (Å²) in [5, 5.41) is 0. The van der Waals surface area contributed by atoms with Gasteiger partial charge in [-0.15, -0.1) is 18.2 Å². The summed E-state index contributed by atoms with van der Waals surface area (Å²) >= 11 is 4.04. The summed E-state index contributed by atoms with van der Waals surface area (Å²) < 4.78 is 0. The highest BCUT2D eigenvalue weighted by atomic mass is 33.1. The molecule has 0 saturated heterocycles. The fraction of sp³-hybridized carbons (Fsp3) is 0.667. The Balaban J connectivity index is 3.03. The van der Waals surface area contributed by atoms with Gasteiger partial charge in [0.2, 0.25) is 0 Å². The molecule has 0 aromatic heterocycles. The van der Waals surface area contributed by atoms with E-state index in [4.69, 9.17) is 0 Å². The van der Waals surface area contributed by atoms with E-state index in [1.807, 2.05) is 6.08 Å². The van der Waals surface area contributed by atoms with Gasteiger partial charge in [0.05, 0.1) is 0 Å². The molecular weight excluding hydrogens is 136 g/mol. The van der Waals surface area contributed by atoms with Crippen molar-refractivity contribution in [3.8, 4) is 0 Å². The summed E-state index contributed by atoms with van der Waals surface area (Å²) in [6.45, 7) is 5.85. The van der Waals surface area contributed by atoms with E-state index in [9.17, 15) is 0 Å². The van der Waals surface area contributed by atoms with Crippen LogP contribution in [-0.2, 0) is 0 Å². The lowest BCUT2D eigenvalue weighted by atomic mass is 10.1. The normalized spacial score (nSPS) is 13.2. The van der Waals surface area contributed by atoms with Crippen LogP contribution in [0.5, 0.6) is 0 Å². The number of allylic oxidation sites excluding steroid dienone is 1. The van der Waals surface area contributed by atoms with E-state index in [0.29, 0.717) is 0 Å². The molecular formula is C6H12S2. The van der Waals surface area contributed by atoms with Crippen LogP contribution in [0.1, 0.15) is 13.3 Å². The van der Waals surface area contributed by atoms with Gasteiger partial charge in [-0.3, -0.25) is 0 Å². The largest absolute Gasteiger partial charge is 0.111 e. The topological polar surface area (TPSA) is 0 Å². The van der Waals surface area contributed by atoms with Crippen LogP contribution in [-0.4, -0.2) is 5.75 Å². The van der Waals surface area contributed by atoms with E-state index in [0.717, 1.165) is 18.1 Å². The molecule has 0 bridgehead atoms. The van der Waals surface area contributed by atoms with Crippen molar-refractivity contribution in [2.45, 2.75) is 13.3 Å². The number of rotatable bonds is 4. The van der Waals surface area contributed by atoms with Crippen molar-refractivity contribution >= 4 is 22.5 Å². The summed E-state index contributed by atoms with van der Waals surface area (Å²) in [4.78, 5) is 0. The van der Waals surface area contributed by atoms with Gasteiger partial charge in [0.25, 0.3) is 0 Å². The molecule has 0 heterocycles. The van der Waals surface area contributed by atoms with Crippen molar-refractivity contribution in [3.63, 3.8) is 0 Å². The smallest absolute Gasteiger partial charge is 0.00631 e. The molecule has 0 aromatic rings. The summed E-state index contributed by atoms with van der Waals surface area (Å²) in [6.07, 6.45) is 3.06. The molecule has 0 spiro atoms. The Morgan fingerprint density at radius 2 is 2.50 bits per heavy atom. The minimum atomic E-state index is 0.731. The first kappa shape index (κ1) is 8.44. The van der Waals surface area contributed by atoms with Crippen molar-refractivity contribution in [3.05, 3.63) is 12.7 Å². The second-order valence-corrected chi connectivity index (χ2v) is 3.29. The first-order valence-electron chi connectivity index (χ1n) is 2.68. The second kappa shape index (κ2) is 5.57. The minimum Gasteiger partial charge on any atom is -0.111 e. The van der Waals surface area contributed by atoms with E-state index in [2.05, 4.69) is 25.2 Å². The van der Waals surface area contributed by atoms with Crippen molar-refractivity contribution in [2.24, 2.45) is 5.92 Å². The molecule has 1 atom stereocenters. The first-order valence-corrected chi connectivity index (χ1v) is 4.72. The van der Waals surface area contributed by atoms with Gasteiger partial charge in [0.15, 0.2) is 0 Å². The Labute approximate surface area is 60.6 Å². The van der Waals surface area contributed by atoms with E-state index in [1.54, 1.807) is 10.8 Å². The van der Waals surface area contributed by atoms with E-state index in [1.165, 1.54) is 0 Å². The molecule has 0 amide bonds. The van der Waals surface area contributed by atoms with Gasteiger partial charge in [0, 0.05) is 5.75 Å². The zero-order chi connectivity index (χ0) is 6.41. The predicted molar refractivity (Wildman–Crippen MR) is 45.4 cm³/mol. The quantitative estimate of drug-likeness (QED) is 0.363. The third kappa shape index (κ3) is 4.60. The van der Waals surface area contributed by atoms with Crippen LogP contribution in [0.2, 0.25) is 0 Å². The van der Waals surface area contributed by atoms with E-state index in [-0.39, 0.29) is 0 Å². The molecule has 0 fully saturated rings. The molecule has 0 aromatic carbocycles. The van der Waals surface area contributed by atoms with Gasteiger partial charge in [-0.25, -0.2) is 0 Å². The van der Waals surface area contributed by atoms with E-state index >= 15 is 0 Å². The minimum absolute atomic E-state index is 0.731. The van der Waals surface area contributed by atoms with Crippen LogP contribution in [0.15, 0.2) is 12.7 Å². The van der Waals surface area contributed by atoms with Gasteiger partial charge in [0.1, 0.15) is 0 Å². The lowest BCUT2D eigenvalue weighted by Crippen LogP contribution is -1.93. The molecule has 0 aliphatic rings. The lowest BCUT2D eigenvalue weighted by molar-refractivity contribution is 0.678. The van der Waals surface area contributed by atoms with Crippen LogP contribution in [0, 0.1) is 5.92 Å². The molecule has 0 aliphatic heterocycles. The summed E-state index contributed by atoms with van der Waals surface area (Å²) in [5.41, 5.74) is 0. The molecule has 48 valence electrons. The summed E-state index contributed by atoms with van der Waals surface area (Å²) in [6, 6.07) is 0. The van der Waals surface area contributed by atoms with Crippen molar-refractivity contribution < 1.29 is 0 Å². The molecule has 0 rings (SSSR count). The SMILES string of the molecule is C=CCC(C)CSS. The van der Waals surface area contributed by atoms with Crippen molar-refractivity contribution in [1.29, 1.82) is 0 Å². The standard InChI is InChI=1S/C6H12S2/c1-3-4-6(2)5-8-7/h3,6-7H,1,4-5H2,2H3. The highest BCUT2D eigenvalue weighted by molar-refractivity contribution is 8.68. The fourth-order valence-corrected chi connectivity index (χ4v) is 1.63. The molecule has 0 nitrogen and oxygen atoms in total. The van der Waals surface area contributed by atoms with Crippen LogP contribution in [0.4, 0.5) is 0 Å². The zero-order valence-corrected chi connectivity index (χ0v) is 6.84. The third-order valence-electron chi connectivity index (χ3n) is 0.928. The Bertz CT molecular complexity index is 61.5. The Morgan fingerprint density at radius 1 is 1.88 bits per heavy atom. The van der Waals surface area contributed by atoms with Gasteiger partial charge in [-0.2, -0.15) is 0 Å². The zero-order valence-electron chi connectivity index (χ0n) is 5.13. The highest BCUT2D eigenvalue weighted by Crippen LogP contribution is 2.13. The van der Waals surface area contributed by atoms with Crippen LogP contribution >= 0.6 is 22.5 Å². The Morgan fingerprint density at radius 3 is 2.88 bits per heavy atom.